The van der Waals surface area contributed by atoms with E-state index in [4.69, 9.17) is 21.4 Å². The van der Waals surface area contributed by atoms with Gasteiger partial charge in [0.05, 0.1) is 17.3 Å². The molecular weight excluding hydrogens is 323 g/mol. The fourth-order valence-electron chi connectivity index (χ4n) is 1.88. The number of aliphatic hydroxyl groups is 1. The Labute approximate surface area is 138 Å². The van der Waals surface area contributed by atoms with E-state index >= 15 is 0 Å². The Morgan fingerprint density at radius 1 is 1.26 bits per heavy atom. The first-order valence-electron chi connectivity index (χ1n) is 6.91. The number of carbonyl (C=O) groups excluding carboxylic acids is 1. The average Bonchev–Trinajstić information content (AvgIpc) is 2.54. The lowest BCUT2D eigenvalue weighted by atomic mass is 10.2. The third-order valence-corrected chi connectivity index (χ3v) is 3.25. The van der Waals surface area contributed by atoms with Crippen LogP contribution in [0.2, 0.25) is 5.02 Å². The number of halogens is 2. The molecule has 0 spiro atoms. The summed E-state index contributed by atoms with van der Waals surface area (Å²) in [6, 6.07) is 10.4. The van der Waals surface area contributed by atoms with Gasteiger partial charge in [0.15, 0.2) is 0 Å². The predicted molar refractivity (Wildman–Crippen MR) is 86.3 cm³/mol. The number of nitrogens with one attached hydrogen (secondary N) is 2. The smallest absolute Gasteiger partial charge is 0.319 e. The first-order chi connectivity index (χ1) is 11.1. The molecule has 0 heterocycles. The molecule has 0 atom stereocenters. The van der Waals surface area contributed by atoms with E-state index in [0.717, 1.165) is 11.6 Å². The average molecular weight is 339 g/mol. The monoisotopic (exact) mass is 338 g/mol. The molecule has 122 valence electrons. The first-order valence-corrected chi connectivity index (χ1v) is 7.29. The second-order valence-electron chi connectivity index (χ2n) is 4.61. The van der Waals surface area contributed by atoms with E-state index in [1.54, 1.807) is 18.2 Å². The summed E-state index contributed by atoms with van der Waals surface area (Å²) in [5, 5.41) is 14.1. The highest BCUT2D eigenvalue weighted by Gasteiger charge is 2.08. The fraction of sp³-hybridized carbons (Fsp3) is 0.188. The first kappa shape index (κ1) is 17.1. The van der Waals surface area contributed by atoms with Gasteiger partial charge in [-0.2, -0.15) is 0 Å². The van der Waals surface area contributed by atoms with Gasteiger partial charge in [0.1, 0.15) is 18.2 Å². The molecule has 5 nitrogen and oxygen atoms in total. The zero-order valence-electron chi connectivity index (χ0n) is 12.2. The van der Waals surface area contributed by atoms with Crippen molar-refractivity contribution in [1.82, 2.24) is 5.32 Å². The highest BCUT2D eigenvalue weighted by atomic mass is 35.5. The molecule has 7 heteroatoms. The molecule has 0 aliphatic rings. The zero-order chi connectivity index (χ0) is 16.7. The van der Waals surface area contributed by atoms with Crippen LogP contribution in [-0.2, 0) is 6.54 Å². The summed E-state index contributed by atoms with van der Waals surface area (Å²) in [5.41, 5.74) is 1.08. The van der Waals surface area contributed by atoms with Crippen LogP contribution in [0.5, 0.6) is 5.75 Å². The Bertz CT molecular complexity index is 682. The lowest BCUT2D eigenvalue weighted by molar-refractivity contribution is 0.200. The van der Waals surface area contributed by atoms with Gasteiger partial charge in [0.25, 0.3) is 0 Å². The summed E-state index contributed by atoms with van der Waals surface area (Å²) in [5.74, 6) is 0.109. The molecule has 0 aliphatic carbocycles. The normalized spacial score (nSPS) is 10.2. The lowest BCUT2D eigenvalue weighted by Gasteiger charge is -2.12. The Balaban J connectivity index is 1.94. The lowest BCUT2D eigenvalue weighted by Crippen LogP contribution is -2.28. The summed E-state index contributed by atoms with van der Waals surface area (Å²) in [4.78, 5) is 11.9. The van der Waals surface area contributed by atoms with E-state index in [2.05, 4.69) is 10.6 Å². The van der Waals surface area contributed by atoms with Crippen LogP contribution < -0.4 is 15.4 Å². The third kappa shape index (κ3) is 5.12. The van der Waals surface area contributed by atoms with Gasteiger partial charge in [-0.25, -0.2) is 9.18 Å². The van der Waals surface area contributed by atoms with Crippen molar-refractivity contribution in [1.29, 1.82) is 0 Å². The van der Waals surface area contributed by atoms with Gasteiger partial charge in [0.2, 0.25) is 0 Å². The summed E-state index contributed by atoms with van der Waals surface area (Å²) in [6.07, 6.45) is 0. The molecule has 0 bridgehead atoms. The fourth-order valence-corrected chi connectivity index (χ4v) is 2.09. The third-order valence-electron chi connectivity index (χ3n) is 2.94. The van der Waals surface area contributed by atoms with Crippen LogP contribution in [0.4, 0.5) is 14.9 Å². The van der Waals surface area contributed by atoms with Crippen LogP contribution in [0, 0.1) is 5.82 Å². The maximum Gasteiger partial charge on any atom is 0.319 e. The standard InChI is InChI=1S/C16H16ClFN2O3/c17-13-9-12(18)5-6-14(13)20-16(22)19-10-11-3-1-2-4-15(11)23-8-7-21/h1-6,9,21H,7-8,10H2,(H2,19,20,22). The number of anilines is 1. The van der Waals surface area contributed by atoms with E-state index < -0.39 is 11.8 Å². The summed E-state index contributed by atoms with van der Waals surface area (Å²) >= 11 is 5.85. The van der Waals surface area contributed by atoms with Gasteiger partial charge in [-0.3, -0.25) is 0 Å². The second-order valence-corrected chi connectivity index (χ2v) is 5.02. The molecular formula is C16H16ClFN2O3. The van der Waals surface area contributed by atoms with Crippen LogP contribution >= 0.6 is 11.6 Å². The maximum absolute atomic E-state index is 13.0. The van der Waals surface area contributed by atoms with Crippen molar-refractivity contribution >= 4 is 23.3 Å². The molecule has 0 aliphatic heterocycles. The van der Waals surface area contributed by atoms with Gasteiger partial charge in [-0.15, -0.1) is 0 Å². The molecule has 2 aromatic rings. The number of carbonyl (C=O) groups is 1. The molecule has 0 saturated heterocycles. The molecule has 23 heavy (non-hydrogen) atoms. The molecule has 0 aromatic heterocycles. The van der Waals surface area contributed by atoms with E-state index in [1.165, 1.54) is 12.1 Å². The number of rotatable bonds is 6. The van der Waals surface area contributed by atoms with Crippen molar-refractivity contribution in [3.63, 3.8) is 0 Å². The number of ether oxygens (including phenoxy) is 1. The number of para-hydroxylation sites is 1. The number of hydrogen-bond acceptors (Lipinski definition) is 3. The SMILES string of the molecule is O=C(NCc1ccccc1OCCO)Nc1ccc(F)cc1Cl. The molecule has 0 fully saturated rings. The molecule has 2 aromatic carbocycles. The van der Waals surface area contributed by atoms with E-state index in [-0.39, 0.29) is 24.8 Å². The highest BCUT2D eigenvalue weighted by Crippen LogP contribution is 2.22. The van der Waals surface area contributed by atoms with E-state index in [1.807, 2.05) is 6.07 Å². The van der Waals surface area contributed by atoms with E-state index in [9.17, 15) is 9.18 Å². The quantitative estimate of drug-likeness (QED) is 0.757. The Kier molecular flexibility index (Phi) is 6.19. The number of amides is 2. The minimum absolute atomic E-state index is 0.0919. The van der Waals surface area contributed by atoms with Crippen molar-refractivity contribution in [3.8, 4) is 5.75 Å². The van der Waals surface area contributed by atoms with Gasteiger partial charge in [-0.05, 0) is 24.3 Å². The van der Waals surface area contributed by atoms with Crippen molar-refractivity contribution in [3.05, 3.63) is 58.9 Å². The van der Waals surface area contributed by atoms with Crippen molar-refractivity contribution in [2.45, 2.75) is 6.54 Å². The summed E-state index contributed by atoms with van der Waals surface area (Å²) in [7, 11) is 0. The summed E-state index contributed by atoms with van der Waals surface area (Å²) < 4.78 is 18.3. The maximum atomic E-state index is 13.0. The number of hydrogen-bond donors (Lipinski definition) is 3. The second kappa shape index (κ2) is 8.36. The molecule has 0 unspecified atom stereocenters. The van der Waals surface area contributed by atoms with Crippen LogP contribution in [0.15, 0.2) is 42.5 Å². The Morgan fingerprint density at radius 2 is 2.04 bits per heavy atom. The summed E-state index contributed by atoms with van der Waals surface area (Å²) in [6.45, 7) is 0.311. The Morgan fingerprint density at radius 3 is 2.78 bits per heavy atom. The molecule has 3 N–H and O–H groups in total. The molecule has 2 amide bonds. The van der Waals surface area contributed by atoms with Crippen molar-refractivity contribution in [2.24, 2.45) is 0 Å². The highest BCUT2D eigenvalue weighted by molar-refractivity contribution is 6.33. The topological polar surface area (TPSA) is 70.6 Å². The van der Waals surface area contributed by atoms with Crippen molar-refractivity contribution < 1.29 is 19.0 Å². The van der Waals surface area contributed by atoms with Gasteiger partial charge >= 0.3 is 6.03 Å². The van der Waals surface area contributed by atoms with Crippen LogP contribution in [0.1, 0.15) is 5.56 Å². The Hall–Kier alpha value is -2.31. The van der Waals surface area contributed by atoms with Crippen LogP contribution in [0.3, 0.4) is 0 Å². The van der Waals surface area contributed by atoms with E-state index in [0.29, 0.717) is 11.4 Å². The van der Waals surface area contributed by atoms with Crippen LogP contribution in [-0.4, -0.2) is 24.4 Å². The molecule has 2 rings (SSSR count). The number of urea groups is 1. The van der Waals surface area contributed by atoms with Crippen molar-refractivity contribution in [2.75, 3.05) is 18.5 Å². The minimum Gasteiger partial charge on any atom is -0.491 e. The van der Waals surface area contributed by atoms with Gasteiger partial charge < -0.3 is 20.5 Å². The molecule has 0 radical (unpaired) electrons. The number of aliphatic hydroxyl groups excluding tert-OH is 1. The molecule has 0 saturated carbocycles. The van der Waals surface area contributed by atoms with Crippen LogP contribution in [0.25, 0.3) is 0 Å². The zero-order valence-corrected chi connectivity index (χ0v) is 12.9. The van der Waals surface area contributed by atoms with Gasteiger partial charge in [0, 0.05) is 12.1 Å². The minimum atomic E-state index is -0.476. The largest absolute Gasteiger partial charge is 0.491 e. The number of benzene rings is 2. The predicted octanol–water partition coefficient (Wildman–Crippen LogP) is 3.17. The van der Waals surface area contributed by atoms with Gasteiger partial charge in [-0.1, -0.05) is 29.8 Å².